The second-order valence-corrected chi connectivity index (χ2v) is 14.3. The molecule has 3 atom stereocenters. The third-order valence-electron chi connectivity index (χ3n) is 10.4. The summed E-state index contributed by atoms with van der Waals surface area (Å²) in [7, 11) is 0. The van der Waals surface area contributed by atoms with Crippen LogP contribution in [-0.2, 0) is 29.5 Å². The number of likely N-dealkylation sites (tertiary alicyclic amines) is 1. The van der Waals surface area contributed by atoms with Crippen LogP contribution in [0, 0.1) is 5.92 Å². The van der Waals surface area contributed by atoms with Gasteiger partial charge in [-0.2, -0.15) is 5.10 Å². The molecule has 1 unspecified atom stereocenters. The van der Waals surface area contributed by atoms with Crippen LogP contribution in [0.5, 0.6) is 0 Å². The molecule has 3 aliphatic rings. The van der Waals surface area contributed by atoms with Gasteiger partial charge in [-0.05, 0) is 32.3 Å². The maximum atomic E-state index is 14.8. The topological polar surface area (TPSA) is 228 Å². The van der Waals surface area contributed by atoms with E-state index in [1.165, 1.54) is 15.8 Å². The molecule has 6 rings (SSSR count). The number of benzene rings is 1. The number of ketones is 1. The fourth-order valence-electron chi connectivity index (χ4n) is 7.69. The van der Waals surface area contributed by atoms with Crippen molar-refractivity contribution in [2.75, 3.05) is 19.8 Å². The molecule has 4 heterocycles. The summed E-state index contributed by atoms with van der Waals surface area (Å²) in [6.07, 6.45) is 8.55. The van der Waals surface area contributed by atoms with Crippen molar-refractivity contribution >= 4 is 40.3 Å². The van der Waals surface area contributed by atoms with Crippen molar-refractivity contribution in [2.24, 2.45) is 11.7 Å². The standard InChI is InChI=1S/C34H45N9O7/c1-33(2,49)26-18-37-41-43(26)22-16-25(31(47)39-34(28(44)29(35)45)11-13-50-14-12-34)42(19-22)32(48)24(15-20-7-4-3-5-8-20)38-30(46)23-10-6-9-21-17-36-40-27(21)23/h6,9-10,17-18,20,22,24-25,49H,3-5,7-8,11-16,19H2,1-2H3,(H2,35,45)(H,36,40)(H,38,46)(H,39,47)/t22-,24?,25-/m0/s1. The molecule has 50 heavy (non-hydrogen) atoms. The summed E-state index contributed by atoms with van der Waals surface area (Å²) < 4.78 is 6.94. The number of nitrogens with two attached hydrogens (primary N) is 1. The normalized spacial score (nSPS) is 21.9. The van der Waals surface area contributed by atoms with Crippen LogP contribution in [0.3, 0.4) is 0 Å². The van der Waals surface area contributed by atoms with E-state index in [0.717, 1.165) is 37.5 Å². The number of carbonyl (C=O) groups excluding carboxylic acids is 5. The first-order chi connectivity index (χ1) is 23.9. The van der Waals surface area contributed by atoms with Crippen LogP contribution in [0.15, 0.2) is 30.6 Å². The molecule has 0 radical (unpaired) electrons. The van der Waals surface area contributed by atoms with Gasteiger partial charge in [-0.25, -0.2) is 4.68 Å². The van der Waals surface area contributed by atoms with Gasteiger partial charge < -0.3 is 31.1 Å². The van der Waals surface area contributed by atoms with E-state index < -0.39 is 58.7 Å². The Morgan fingerprint density at radius 1 is 1.12 bits per heavy atom. The zero-order valence-corrected chi connectivity index (χ0v) is 28.4. The third kappa shape index (κ3) is 7.12. The number of rotatable bonds is 11. The zero-order chi connectivity index (χ0) is 35.6. The smallest absolute Gasteiger partial charge is 0.287 e. The van der Waals surface area contributed by atoms with Gasteiger partial charge in [0.05, 0.1) is 35.2 Å². The van der Waals surface area contributed by atoms with Gasteiger partial charge in [0.2, 0.25) is 17.6 Å². The molecule has 0 bridgehead atoms. The lowest BCUT2D eigenvalue weighted by molar-refractivity contribution is -0.147. The van der Waals surface area contributed by atoms with Crippen molar-refractivity contribution in [3.05, 3.63) is 41.9 Å². The molecule has 3 fully saturated rings. The van der Waals surface area contributed by atoms with E-state index in [2.05, 4.69) is 31.1 Å². The van der Waals surface area contributed by atoms with Crippen LogP contribution in [0.25, 0.3) is 10.9 Å². The predicted octanol–water partition coefficient (Wildman–Crippen LogP) is 1.01. The molecule has 3 aromatic rings. The molecule has 1 aromatic carbocycles. The number of primary amides is 1. The first kappa shape index (κ1) is 35.1. The molecule has 0 spiro atoms. The Hall–Kier alpha value is -4.70. The first-order valence-corrected chi connectivity index (χ1v) is 17.3. The fraction of sp³-hybridized carbons (Fsp3) is 0.588. The van der Waals surface area contributed by atoms with Crippen molar-refractivity contribution in [1.29, 1.82) is 0 Å². The number of para-hydroxylation sites is 1. The average molecular weight is 692 g/mol. The van der Waals surface area contributed by atoms with E-state index in [9.17, 15) is 29.1 Å². The van der Waals surface area contributed by atoms with Gasteiger partial charge in [0.25, 0.3) is 11.8 Å². The molecule has 2 aliphatic heterocycles. The summed E-state index contributed by atoms with van der Waals surface area (Å²) in [5, 5.41) is 32.5. The SMILES string of the molecule is CC(C)(O)c1cnnn1[C@H]1C[C@@H](C(=O)NC2(C(=O)C(N)=O)CCOCC2)N(C(=O)C(CC2CCCCC2)NC(=O)c2cccc3cn[nH]c23)C1. The van der Waals surface area contributed by atoms with Crippen molar-refractivity contribution in [3.8, 4) is 0 Å². The summed E-state index contributed by atoms with van der Waals surface area (Å²) in [6, 6.07) is 2.55. The molecular formula is C34H45N9O7. The highest BCUT2D eigenvalue weighted by Crippen LogP contribution is 2.34. The minimum atomic E-state index is -1.59. The third-order valence-corrected chi connectivity index (χ3v) is 10.4. The minimum Gasteiger partial charge on any atom is -0.384 e. The molecule has 1 saturated carbocycles. The van der Waals surface area contributed by atoms with Crippen LogP contribution in [-0.4, -0.2) is 102 Å². The van der Waals surface area contributed by atoms with Gasteiger partial charge >= 0.3 is 0 Å². The molecule has 6 N–H and O–H groups in total. The van der Waals surface area contributed by atoms with Crippen LogP contribution in [0.1, 0.15) is 93.7 Å². The quantitative estimate of drug-likeness (QED) is 0.179. The first-order valence-electron chi connectivity index (χ1n) is 17.3. The van der Waals surface area contributed by atoms with Crippen LogP contribution in [0.4, 0.5) is 0 Å². The number of aromatic nitrogens is 5. The van der Waals surface area contributed by atoms with E-state index in [1.54, 1.807) is 32.2 Å². The number of ether oxygens (including phenoxy) is 1. The Kier molecular flexibility index (Phi) is 10.0. The zero-order valence-electron chi connectivity index (χ0n) is 28.4. The number of nitrogens with one attached hydrogen (secondary N) is 3. The van der Waals surface area contributed by atoms with Gasteiger partial charge in [-0.15, -0.1) is 5.10 Å². The number of hydrogen-bond acceptors (Lipinski definition) is 10. The summed E-state index contributed by atoms with van der Waals surface area (Å²) in [5.74, 6) is -3.49. The summed E-state index contributed by atoms with van der Waals surface area (Å²) >= 11 is 0. The number of aromatic amines is 1. The van der Waals surface area contributed by atoms with Gasteiger partial charge in [-0.1, -0.05) is 49.5 Å². The molecule has 16 nitrogen and oxygen atoms in total. The van der Waals surface area contributed by atoms with Gasteiger partial charge in [0.15, 0.2) is 0 Å². The summed E-state index contributed by atoms with van der Waals surface area (Å²) in [5.41, 5.74) is 3.76. The lowest BCUT2D eigenvalue weighted by atomic mass is 9.84. The molecule has 4 amide bonds. The van der Waals surface area contributed by atoms with Crippen LogP contribution >= 0.6 is 0 Å². The predicted molar refractivity (Wildman–Crippen MR) is 178 cm³/mol. The van der Waals surface area contributed by atoms with Crippen molar-refractivity contribution in [3.63, 3.8) is 0 Å². The Morgan fingerprint density at radius 2 is 1.86 bits per heavy atom. The Balaban J connectivity index is 1.34. The Morgan fingerprint density at radius 3 is 2.56 bits per heavy atom. The van der Waals surface area contributed by atoms with Crippen LogP contribution < -0.4 is 16.4 Å². The van der Waals surface area contributed by atoms with E-state index >= 15 is 0 Å². The summed E-state index contributed by atoms with van der Waals surface area (Å²) in [6.45, 7) is 3.44. The van der Waals surface area contributed by atoms with Crippen molar-refractivity contribution in [2.45, 2.75) is 101 Å². The number of hydrogen-bond donors (Lipinski definition) is 5. The van der Waals surface area contributed by atoms with Crippen LogP contribution in [0.2, 0.25) is 0 Å². The Labute approximate surface area is 288 Å². The molecule has 2 aromatic heterocycles. The highest BCUT2D eigenvalue weighted by Gasteiger charge is 2.49. The maximum Gasteiger partial charge on any atom is 0.287 e. The molecule has 268 valence electrons. The fourth-order valence-corrected chi connectivity index (χ4v) is 7.69. The number of aliphatic hydroxyl groups is 1. The number of carbonyl (C=O) groups is 5. The molecule has 1 aliphatic carbocycles. The number of Topliss-reactive ketones (excluding diaryl/α,β-unsaturated/α-hetero) is 1. The summed E-state index contributed by atoms with van der Waals surface area (Å²) in [4.78, 5) is 69.6. The number of amides is 4. The largest absolute Gasteiger partial charge is 0.384 e. The maximum absolute atomic E-state index is 14.8. The minimum absolute atomic E-state index is 0.0103. The highest BCUT2D eigenvalue weighted by atomic mass is 16.5. The Bertz CT molecular complexity index is 1750. The molecule has 2 saturated heterocycles. The highest BCUT2D eigenvalue weighted by molar-refractivity contribution is 6.39. The second kappa shape index (κ2) is 14.3. The lowest BCUT2D eigenvalue weighted by Gasteiger charge is -2.37. The number of fused-ring (bicyclic) bond motifs is 1. The second-order valence-electron chi connectivity index (χ2n) is 14.3. The molecular weight excluding hydrogens is 646 g/mol. The van der Waals surface area contributed by atoms with E-state index in [4.69, 9.17) is 10.5 Å². The molecule has 16 heteroatoms. The number of nitrogens with zero attached hydrogens (tertiary/aromatic N) is 5. The van der Waals surface area contributed by atoms with E-state index in [1.807, 2.05) is 6.07 Å². The monoisotopic (exact) mass is 691 g/mol. The van der Waals surface area contributed by atoms with Gasteiger partial charge in [0, 0.05) is 44.4 Å². The van der Waals surface area contributed by atoms with Gasteiger partial charge in [-0.3, -0.25) is 29.1 Å². The number of H-pyrrole nitrogens is 1. The van der Waals surface area contributed by atoms with E-state index in [0.29, 0.717) is 23.2 Å². The van der Waals surface area contributed by atoms with E-state index in [-0.39, 0.29) is 44.9 Å². The van der Waals surface area contributed by atoms with Gasteiger partial charge in [0.1, 0.15) is 23.2 Å². The van der Waals surface area contributed by atoms with Crippen molar-refractivity contribution < 1.29 is 33.8 Å². The lowest BCUT2D eigenvalue weighted by Crippen LogP contribution is -2.64. The average Bonchev–Trinajstić information content (AvgIpc) is 3.88. The van der Waals surface area contributed by atoms with Crippen molar-refractivity contribution in [1.82, 2.24) is 40.7 Å².